The fourth-order valence-electron chi connectivity index (χ4n) is 1.84. The molecule has 1 rings (SSSR count). The van der Waals surface area contributed by atoms with Crippen molar-refractivity contribution >= 4 is 29.8 Å². The van der Waals surface area contributed by atoms with Crippen LogP contribution in [0.2, 0.25) is 0 Å². The second-order valence-electron chi connectivity index (χ2n) is 5.24. The fraction of sp³-hybridized carbons (Fsp3) is 0.545. The van der Waals surface area contributed by atoms with Gasteiger partial charge in [0.25, 0.3) is 0 Å². The molecule has 1 aromatic heterocycles. The second-order valence-corrected chi connectivity index (χ2v) is 9.66. The zero-order valence-corrected chi connectivity index (χ0v) is 17.0. The van der Waals surface area contributed by atoms with Crippen molar-refractivity contribution in [2.45, 2.75) is 33.1 Å². The molecule has 13 nitrogen and oxygen atoms in total. The summed E-state index contributed by atoms with van der Waals surface area (Å²) in [6.45, 7) is 2.81. The first kappa shape index (κ1) is 24.4. The highest BCUT2D eigenvalue weighted by atomic mass is 31.3. The van der Waals surface area contributed by atoms with E-state index in [0.717, 1.165) is 5.56 Å². The van der Waals surface area contributed by atoms with Crippen molar-refractivity contribution in [3.05, 3.63) is 23.5 Å². The Bertz CT molecular complexity index is 786. The van der Waals surface area contributed by atoms with Gasteiger partial charge < -0.3 is 28.9 Å². The molecule has 0 saturated carbocycles. The Hall–Kier alpha value is -0.680. The number of hydrogen-bond acceptors (Lipinski definition) is 8. The van der Waals surface area contributed by atoms with Gasteiger partial charge >= 0.3 is 23.5 Å². The Balaban J connectivity index is 2.62. The van der Waals surface area contributed by atoms with Crippen molar-refractivity contribution < 1.29 is 55.9 Å². The monoisotopic (exact) mass is 451 g/mol. The zero-order chi connectivity index (χ0) is 20.9. The molecule has 16 heteroatoms. The number of aldehydes is 1. The van der Waals surface area contributed by atoms with Crippen molar-refractivity contribution in [2.75, 3.05) is 6.61 Å². The van der Waals surface area contributed by atoms with Gasteiger partial charge in [-0.2, -0.15) is 8.62 Å². The minimum atomic E-state index is -5.56. The summed E-state index contributed by atoms with van der Waals surface area (Å²) in [6.07, 6.45) is 1.81. The second kappa shape index (κ2) is 9.69. The molecule has 4 N–H and O–H groups in total. The average molecular weight is 451 g/mol. The molecule has 0 aliphatic carbocycles. The SMILES string of the molecule is CC[C@@H](COP(=O)(O)OP(=O)(O)OP(=O)(O)O)OCn1cc(C)cc1C=O. The number of hydrogen-bond donors (Lipinski definition) is 4. The highest BCUT2D eigenvalue weighted by molar-refractivity contribution is 7.66. The van der Waals surface area contributed by atoms with Gasteiger partial charge in [-0.3, -0.25) is 9.32 Å². The Morgan fingerprint density at radius 1 is 1.15 bits per heavy atom. The number of aromatic nitrogens is 1. The van der Waals surface area contributed by atoms with Gasteiger partial charge in [-0.25, -0.2) is 13.7 Å². The van der Waals surface area contributed by atoms with Crippen molar-refractivity contribution in [2.24, 2.45) is 0 Å². The third-order valence-electron chi connectivity index (χ3n) is 2.93. The van der Waals surface area contributed by atoms with Gasteiger partial charge in [0.1, 0.15) is 6.73 Å². The van der Waals surface area contributed by atoms with Gasteiger partial charge in [0, 0.05) is 6.20 Å². The fourth-order valence-corrected chi connectivity index (χ4v) is 4.89. The van der Waals surface area contributed by atoms with Crippen LogP contribution in [0.5, 0.6) is 0 Å². The number of phosphoric acid groups is 3. The van der Waals surface area contributed by atoms with E-state index in [1.54, 1.807) is 26.1 Å². The minimum Gasteiger partial charge on any atom is -0.355 e. The van der Waals surface area contributed by atoms with Crippen molar-refractivity contribution in [3.63, 3.8) is 0 Å². The summed E-state index contributed by atoms with van der Waals surface area (Å²) in [5.74, 6) is 0. The number of rotatable bonds is 12. The van der Waals surface area contributed by atoms with Crippen LogP contribution in [0.3, 0.4) is 0 Å². The Labute approximate surface area is 154 Å². The molecule has 2 unspecified atom stereocenters. The van der Waals surface area contributed by atoms with E-state index in [9.17, 15) is 23.4 Å². The van der Waals surface area contributed by atoms with Gasteiger partial charge in [-0.1, -0.05) is 6.92 Å². The molecular weight excluding hydrogens is 431 g/mol. The number of phosphoric ester groups is 1. The van der Waals surface area contributed by atoms with Gasteiger partial charge in [0.2, 0.25) is 0 Å². The molecule has 0 saturated heterocycles. The minimum absolute atomic E-state index is 0.0693. The van der Waals surface area contributed by atoms with E-state index in [-0.39, 0.29) is 6.73 Å². The summed E-state index contributed by atoms with van der Waals surface area (Å²) in [5, 5.41) is 0. The molecule has 1 heterocycles. The van der Waals surface area contributed by atoms with Crippen LogP contribution in [0, 0.1) is 6.92 Å². The standard InChI is InChI=1S/C11H20NO12P3/c1-3-11(21-8-12-5-9(2)4-10(12)6-13)7-22-26(17,18)24-27(19,20)23-25(14,15)16/h4-6,11H,3,7-8H2,1-2H3,(H,17,18)(H,19,20)(H2,14,15,16)/t11-/m0/s1. The summed E-state index contributed by atoms with van der Waals surface area (Å²) >= 11 is 0. The molecule has 0 aromatic carbocycles. The van der Waals surface area contributed by atoms with Crippen molar-refractivity contribution in [1.29, 1.82) is 0 Å². The molecule has 0 bridgehead atoms. The highest BCUT2D eigenvalue weighted by Crippen LogP contribution is 2.66. The average Bonchev–Trinajstić information content (AvgIpc) is 2.83. The summed E-state index contributed by atoms with van der Waals surface area (Å²) in [7, 11) is -16.2. The van der Waals surface area contributed by atoms with E-state index in [4.69, 9.17) is 19.4 Å². The van der Waals surface area contributed by atoms with Crippen LogP contribution in [0.1, 0.15) is 29.4 Å². The van der Waals surface area contributed by atoms with Crippen molar-refractivity contribution in [1.82, 2.24) is 4.57 Å². The van der Waals surface area contributed by atoms with Crippen LogP contribution in [0.15, 0.2) is 12.3 Å². The topological polar surface area (TPSA) is 191 Å². The lowest BCUT2D eigenvalue weighted by molar-refractivity contribution is -0.0250. The summed E-state index contributed by atoms with van der Waals surface area (Å²) in [5.41, 5.74) is 1.18. The largest absolute Gasteiger partial charge is 0.490 e. The predicted octanol–water partition coefficient (Wildman–Crippen LogP) is 1.71. The third-order valence-corrected chi connectivity index (χ3v) is 6.73. The first-order valence-electron chi connectivity index (χ1n) is 7.29. The number of nitrogens with zero attached hydrogens (tertiary/aromatic N) is 1. The first-order chi connectivity index (χ1) is 12.3. The van der Waals surface area contributed by atoms with Crippen LogP contribution >= 0.6 is 23.5 Å². The molecule has 0 amide bonds. The molecule has 156 valence electrons. The smallest absolute Gasteiger partial charge is 0.355 e. The molecule has 3 atom stereocenters. The summed E-state index contributed by atoms with van der Waals surface area (Å²) < 4.78 is 52.1. The molecule has 0 aliphatic rings. The highest BCUT2D eigenvalue weighted by Gasteiger charge is 2.40. The maximum absolute atomic E-state index is 11.7. The first-order valence-corrected chi connectivity index (χ1v) is 11.8. The van der Waals surface area contributed by atoms with Crippen LogP contribution in [-0.2, 0) is 38.3 Å². The number of aryl methyl sites for hydroxylation is 1. The van der Waals surface area contributed by atoms with E-state index in [1.165, 1.54) is 4.57 Å². The van der Waals surface area contributed by atoms with Gasteiger partial charge in [-0.15, -0.1) is 0 Å². The Morgan fingerprint density at radius 2 is 1.78 bits per heavy atom. The Morgan fingerprint density at radius 3 is 2.30 bits per heavy atom. The van der Waals surface area contributed by atoms with Crippen LogP contribution in [0.25, 0.3) is 0 Å². The van der Waals surface area contributed by atoms with Crippen molar-refractivity contribution in [3.8, 4) is 0 Å². The normalized spacial score (nSPS) is 17.9. The van der Waals surface area contributed by atoms with Crippen LogP contribution < -0.4 is 0 Å². The lowest BCUT2D eigenvalue weighted by Gasteiger charge is -2.20. The number of carbonyl (C=O) groups excluding carboxylic acids is 1. The maximum Gasteiger partial charge on any atom is 0.490 e. The lowest BCUT2D eigenvalue weighted by atomic mass is 10.3. The number of ether oxygens (including phenoxy) is 1. The maximum atomic E-state index is 11.7. The molecule has 1 aromatic rings. The summed E-state index contributed by atoms with van der Waals surface area (Å²) in [4.78, 5) is 46.3. The van der Waals surface area contributed by atoms with E-state index in [0.29, 0.717) is 18.4 Å². The quantitative estimate of drug-likeness (QED) is 0.266. The predicted molar refractivity (Wildman–Crippen MR) is 89.5 cm³/mol. The summed E-state index contributed by atoms with van der Waals surface area (Å²) in [6, 6.07) is 1.63. The molecular formula is C11H20NO12P3. The van der Waals surface area contributed by atoms with E-state index in [1.807, 2.05) is 0 Å². The lowest BCUT2D eigenvalue weighted by Crippen LogP contribution is -2.20. The zero-order valence-electron chi connectivity index (χ0n) is 14.3. The van der Waals surface area contributed by atoms with Crippen LogP contribution in [0.4, 0.5) is 0 Å². The molecule has 0 radical (unpaired) electrons. The van der Waals surface area contributed by atoms with Gasteiger partial charge in [0.15, 0.2) is 6.29 Å². The third kappa shape index (κ3) is 9.38. The Kier molecular flexibility index (Phi) is 8.74. The van der Waals surface area contributed by atoms with E-state index < -0.39 is 36.2 Å². The molecule has 0 aliphatic heterocycles. The molecule has 27 heavy (non-hydrogen) atoms. The van der Waals surface area contributed by atoms with Gasteiger partial charge in [0.05, 0.1) is 18.4 Å². The van der Waals surface area contributed by atoms with Crippen LogP contribution in [-0.4, -0.2) is 43.1 Å². The van der Waals surface area contributed by atoms with E-state index >= 15 is 0 Å². The van der Waals surface area contributed by atoms with E-state index in [2.05, 4.69) is 13.1 Å². The molecule has 0 spiro atoms. The molecule has 0 fully saturated rings. The number of carbonyl (C=O) groups is 1. The van der Waals surface area contributed by atoms with Gasteiger partial charge in [-0.05, 0) is 25.0 Å².